The van der Waals surface area contributed by atoms with Crippen molar-refractivity contribution < 1.29 is 9.72 Å². The molecule has 0 radical (unpaired) electrons. The second kappa shape index (κ2) is 6.11. The SMILES string of the molecule is CC(=O)c1ccc(NC(C)c2nc3ccccc3[nH]2)c([N+](=O)[O-])c1. The lowest BCUT2D eigenvalue weighted by molar-refractivity contribution is -0.384. The van der Waals surface area contributed by atoms with Crippen molar-refractivity contribution in [2.75, 3.05) is 5.32 Å². The Morgan fingerprint density at radius 2 is 2.04 bits per heavy atom. The first-order valence-corrected chi connectivity index (χ1v) is 7.46. The minimum atomic E-state index is -0.500. The van der Waals surface area contributed by atoms with Crippen LogP contribution in [-0.4, -0.2) is 20.7 Å². The normalized spacial score (nSPS) is 12.1. The summed E-state index contributed by atoms with van der Waals surface area (Å²) in [6, 6.07) is 11.8. The first kappa shape index (κ1) is 15.7. The van der Waals surface area contributed by atoms with Crippen LogP contribution in [0, 0.1) is 10.1 Å². The van der Waals surface area contributed by atoms with Crippen LogP contribution in [0.5, 0.6) is 0 Å². The molecule has 0 aliphatic heterocycles. The summed E-state index contributed by atoms with van der Waals surface area (Å²) in [7, 11) is 0. The lowest BCUT2D eigenvalue weighted by atomic mass is 10.1. The molecule has 0 saturated carbocycles. The number of aromatic nitrogens is 2. The number of nitro benzene ring substituents is 1. The number of fused-ring (bicyclic) bond motifs is 1. The largest absolute Gasteiger partial charge is 0.370 e. The summed E-state index contributed by atoms with van der Waals surface area (Å²) in [6.45, 7) is 3.24. The molecule has 3 aromatic rings. The van der Waals surface area contributed by atoms with Crippen molar-refractivity contribution in [3.8, 4) is 0 Å². The summed E-state index contributed by atoms with van der Waals surface area (Å²) in [6.07, 6.45) is 0. The molecular formula is C17H16N4O3. The number of nitrogens with one attached hydrogen (secondary N) is 2. The van der Waals surface area contributed by atoms with Gasteiger partial charge in [0.15, 0.2) is 5.78 Å². The molecule has 7 heteroatoms. The number of ketones is 1. The van der Waals surface area contributed by atoms with E-state index in [0.29, 0.717) is 17.1 Å². The van der Waals surface area contributed by atoms with Crippen LogP contribution >= 0.6 is 0 Å². The third-order valence-electron chi connectivity index (χ3n) is 3.79. The van der Waals surface area contributed by atoms with Gasteiger partial charge in [0.2, 0.25) is 0 Å². The predicted molar refractivity (Wildman–Crippen MR) is 91.2 cm³/mol. The van der Waals surface area contributed by atoms with Crippen LogP contribution < -0.4 is 5.32 Å². The molecule has 0 saturated heterocycles. The summed E-state index contributed by atoms with van der Waals surface area (Å²) < 4.78 is 0. The highest BCUT2D eigenvalue weighted by molar-refractivity contribution is 5.95. The van der Waals surface area contributed by atoms with Crippen molar-refractivity contribution in [3.05, 3.63) is 64.0 Å². The van der Waals surface area contributed by atoms with Crippen LogP contribution in [0.3, 0.4) is 0 Å². The van der Waals surface area contributed by atoms with E-state index < -0.39 is 4.92 Å². The number of carbonyl (C=O) groups excluding carboxylic acids is 1. The van der Waals surface area contributed by atoms with Crippen molar-refractivity contribution in [1.82, 2.24) is 9.97 Å². The Morgan fingerprint density at radius 1 is 1.29 bits per heavy atom. The number of Topliss-reactive ketones (excluding diaryl/α,β-unsaturated/α-hetero) is 1. The molecule has 0 aliphatic carbocycles. The Labute approximate surface area is 137 Å². The van der Waals surface area contributed by atoms with Crippen molar-refractivity contribution in [1.29, 1.82) is 0 Å². The summed E-state index contributed by atoms with van der Waals surface area (Å²) in [5.41, 5.74) is 2.26. The summed E-state index contributed by atoms with van der Waals surface area (Å²) >= 11 is 0. The zero-order valence-corrected chi connectivity index (χ0v) is 13.2. The molecule has 0 bridgehead atoms. The fraction of sp³-hybridized carbons (Fsp3) is 0.176. The molecule has 122 valence electrons. The number of aromatic amines is 1. The van der Waals surface area contributed by atoms with Gasteiger partial charge < -0.3 is 10.3 Å². The van der Waals surface area contributed by atoms with E-state index in [9.17, 15) is 14.9 Å². The van der Waals surface area contributed by atoms with Gasteiger partial charge in [0, 0.05) is 11.6 Å². The minimum absolute atomic E-state index is 0.134. The topological polar surface area (TPSA) is 101 Å². The van der Waals surface area contributed by atoms with Gasteiger partial charge in [0.25, 0.3) is 5.69 Å². The minimum Gasteiger partial charge on any atom is -0.370 e. The van der Waals surface area contributed by atoms with Gasteiger partial charge in [-0.25, -0.2) is 4.98 Å². The Kier molecular flexibility index (Phi) is 3.99. The van der Waals surface area contributed by atoms with E-state index in [1.165, 1.54) is 13.0 Å². The van der Waals surface area contributed by atoms with Gasteiger partial charge in [0.1, 0.15) is 11.5 Å². The summed E-state index contributed by atoms with van der Waals surface area (Å²) in [5.74, 6) is 0.469. The van der Waals surface area contributed by atoms with Crippen molar-refractivity contribution >= 4 is 28.2 Å². The number of anilines is 1. The van der Waals surface area contributed by atoms with Gasteiger partial charge in [-0.1, -0.05) is 12.1 Å². The van der Waals surface area contributed by atoms with Crippen LogP contribution in [0.15, 0.2) is 42.5 Å². The highest BCUT2D eigenvalue weighted by Crippen LogP contribution is 2.29. The number of carbonyl (C=O) groups is 1. The highest BCUT2D eigenvalue weighted by atomic mass is 16.6. The molecule has 0 aliphatic rings. The fourth-order valence-corrected chi connectivity index (χ4v) is 2.50. The summed E-state index contributed by atoms with van der Waals surface area (Å²) in [5, 5.41) is 14.4. The fourth-order valence-electron chi connectivity index (χ4n) is 2.50. The van der Waals surface area contributed by atoms with Crippen molar-refractivity contribution in [3.63, 3.8) is 0 Å². The van der Waals surface area contributed by atoms with Crippen LogP contribution in [0.25, 0.3) is 11.0 Å². The number of nitrogens with zero attached hydrogens (tertiary/aromatic N) is 2. The summed E-state index contributed by atoms with van der Waals surface area (Å²) in [4.78, 5) is 29.9. The number of imidazole rings is 1. The van der Waals surface area contributed by atoms with Crippen LogP contribution in [0.4, 0.5) is 11.4 Å². The average Bonchev–Trinajstić information content (AvgIpc) is 2.99. The van der Waals surface area contributed by atoms with E-state index in [1.54, 1.807) is 12.1 Å². The van der Waals surface area contributed by atoms with E-state index in [2.05, 4.69) is 15.3 Å². The van der Waals surface area contributed by atoms with E-state index in [-0.39, 0.29) is 17.5 Å². The molecule has 2 N–H and O–H groups in total. The van der Waals surface area contributed by atoms with Gasteiger partial charge in [0.05, 0.1) is 22.0 Å². The average molecular weight is 324 g/mol. The zero-order valence-electron chi connectivity index (χ0n) is 13.2. The van der Waals surface area contributed by atoms with E-state index in [1.807, 2.05) is 31.2 Å². The van der Waals surface area contributed by atoms with E-state index in [4.69, 9.17) is 0 Å². The third kappa shape index (κ3) is 2.96. The van der Waals surface area contributed by atoms with Gasteiger partial charge >= 0.3 is 0 Å². The second-order valence-corrected chi connectivity index (χ2v) is 5.55. The Morgan fingerprint density at radius 3 is 2.71 bits per heavy atom. The smallest absolute Gasteiger partial charge is 0.293 e. The maximum atomic E-state index is 11.4. The van der Waals surface area contributed by atoms with E-state index >= 15 is 0 Å². The number of hydrogen-bond acceptors (Lipinski definition) is 5. The molecule has 24 heavy (non-hydrogen) atoms. The van der Waals surface area contributed by atoms with Crippen molar-refractivity contribution in [2.24, 2.45) is 0 Å². The highest BCUT2D eigenvalue weighted by Gasteiger charge is 2.19. The second-order valence-electron chi connectivity index (χ2n) is 5.55. The number of benzene rings is 2. The molecule has 1 unspecified atom stereocenters. The zero-order chi connectivity index (χ0) is 17.3. The maximum absolute atomic E-state index is 11.4. The predicted octanol–water partition coefficient (Wildman–Crippen LogP) is 3.85. The number of rotatable bonds is 5. The lowest BCUT2D eigenvalue weighted by Crippen LogP contribution is -2.10. The molecule has 2 aromatic carbocycles. The number of hydrogen-bond donors (Lipinski definition) is 2. The molecular weight excluding hydrogens is 308 g/mol. The third-order valence-corrected chi connectivity index (χ3v) is 3.79. The van der Waals surface area contributed by atoms with Crippen LogP contribution in [0.2, 0.25) is 0 Å². The van der Waals surface area contributed by atoms with Gasteiger partial charge in [-0.2, -0.15) is 0 Å². The molecule has 0 fully saturated rings. The quantitative estimate of drug-likeness (QED) is 0.422. The maximum Gasteiger partial charge on any atom is 0.293 e. The Hall–Kier alpha value is -3.22. The van der Waals surface area contributed by atoms with Gasteiger partial charge in [-0.15, -0.1) is 0 Å². The molecule has 3 rings (SSSR count). The Balaban J connectivity index is 1.92. The van der Waals surface area contributed by atoms with Crippen LogP contribution in [-0.2, 0) is 0 Å². The van der Waals surface area contributed by atoms with Crippen LogP contribution in [0.1, 0.15) is 36.1 Å². The molecule has 7 nitrogen and oxygen atoms in total. The van der Waals surface area contributed by atoms with E-state index in [0.717, 1.165) is 11.0 Å². The molecule has 1 aromatic heterocycles. The molecule has 0 amide bonds. The number of H-pyrrole nitrogens is 1. The number of nitro groups is 1. The lowest BCUT2D eigenvalue weighted by Gasteiger charge is -2.13. The van der Waals surface area contributed by atoms with Crippen molar-refractivity contribution in [2.45, 2.75) is 19.9 Å². The number of para-hydroxylation sites is 2. The first-order valence-electron chi connectivity index (χ1n) is 7.46. The van der Waals surface area contributed by atoms with Gasteiger partial charge in [-0.05, 0) is 38.1 Å². The standard InChI is InChI=1S/C17H16N4O3/c1-10(17-19-13-5-3-4-6-14(13)20-17)18-15-8-7-12(11(2)22)9-16(15)21(23)24/h3-10,18H,1-2H3,(H,19,20). The molecule has 0 spiro atoms. The monoisotopic (exact) mass is 324 g/mol. The Bertz CT molecular complexity index is 899. The van der Waals surface area contributed by atoms with Gasteiger partial charge in [-0.3, -0.25) is 14.9 Å². The molecule has 1 heterocycles. The molecule has 1 atom stereocenters. The first-order chi connectivity index (χ1) is 11.5.